The summed E-state index contributed by atoms with van der Waals surface area (Å²) in [6, 6.07) is 20.2. The number of carbonyl (C=O) groups excluding carboxylic acids is 1. The number of benzene rings is 2. The Morgan fingerprint density at radius 2 is 1.78 bits per heavy atom. The Hall–Kier alpha value is -3.67. The second-order valence-corrected chi connectivity index (χ2v) is 8.47. The Kier molecular flexibility index (Phi) is 5.35. The molecule has 1 amide bonds. The molecule has 1 fully saturated rings. The first kappa shape index (κ1) is 20.2. The predicted octanol–water partition coefficient (Wildman–Crippen LogP) is 5.06. The molecule has 0 saturated heterocycles. The lowest BCUT2D eigenvalue weighted by atomic mass is 10.1. The second kappa shape index (κ2) is 8.46. The van der Waals surface area contributed by atoms with Gasteiger partial charge >= 0.3 is 0 Å². The molecule has 0 atom stereocenters. The Morgan fingerprint density at radius 1 is 1.06 bits per heavy atom. The fourth-order valence-electron chi connectivity index (χ4n) is 4.10. The molecule has 2 heterocycles. The molecule has 1 aliphatic carbocycles. The zero-order valence-corrected chi connectivity index (χ0v) is 18.4. The van der Waals surface area contributed by atoms with Crippen molar-refractivity contribution in [3.8, 4) is 0 Å². The van der Waals surface area contributed by atoms with Crippen molar-refractivity contribution in [2.24, 2.45) is 7.05 Å². The molecule has 4 aromatic rings. The zero-order valence-electron chi connectivity index (χ0n) is 18.4. The van der Waals surface area contributed by atoms with E-state index in [9.17, 15) is 4.79 Å². The maximum atomic E-state index is 13.2. The number of carbonyl (C=O) groups is 1. The summed E-state index contributed by atoms with van der Waals surface area (Å²) in [5, 5.41) is 11.8. The van der Waals surface area contributed by atoms with Crippen LogP contribution in [0.4, 0.5) is 11.4 Å². The number of nitrogens with one attached hydrogen (secondary N) is 2. The lowest BCUT2D eigenvalue weighted by Gasteiger charge is -2.10. The minimum Gasteiger partial charge on any atom is -0.385 e. The summed E-state index contributed by atoms with van der Waals surface area (Å²) in [4.78, 5) is 18.0. The van der Waals surface area contributed by atoms with Gasteiger partial charge in [-0.1, -0.05) is 30.3 Å². The third kappa shape index (κ3) is 4.21. The van der Waals surface area contributed by atoms with Gasteiger partial charge in [-0.25, -0.2) is 4.98 Å². The van der Waals surface area contributed by atoms with Crippen molar-refractivity contribution >= 4 is 28.3 Å². The highest BCUT2D eigenvalue weighted by molar-refractivity contribution is 6.12. The topological polar surface area (TPSA) is 71.8 Å². The highest BCUT2D eigenvalue weighted by Gasteiger charge is 2.28. The average Bonchev–Trinajstić information content (AvgIpc) is 3.61. The highest BCUT2D eigenvalue weighted by atomic mass is 16.1. The quantitative estimate of drug-likeness (QED) is 0.434. The number of hydrogen-bond donors (Lipinski definition) is 2. The molecular weight excluding hydrogens is 398 g/mol. The van der Waals surface area contributed by atoms with E-state index in [1.54, 1.807) is 4.68 Å². The molecule has 0 spiro atoms. The van der Waals surface area contributed by atoms with Crippen molar-refractivity contribution < 1.29 is 4.79 Å². The van der Waals surface area contributed by atoms with Gasteiger partial charge in [0, 0.05) is 36.6 Å². The van der Waals surface area contributed by atoms with Gasteiger partial charge in [-0.3, -0.25) is 9.48 Å². The first-order valence-corrected chi connectivity index (χ1v) is 11.1. The summed E-state index contributed by atoms with van der Waals surface area (Å²) in [5.41, 5.74) is 6.34. The van der Waals surface area contributed by atoms with E-state index in [0.29, 0.717) is 11.5 Å². The van der Waals surface area contributed by atoms with E-state index in [4.69, 9.17) is 4.98 Å². The normalized spacial score (nSPS) is 13.3. The highest BCUT2D eigenvalue weighted by Crippen LogP contribution is 2.40. The second-order valence-electron chi connectivity index (χ2n) is 8.47. The van der Waals surface area contributed by atoms with Crippen LogP contribution >= 0.6 is 0 Å². The minimum atomic E-state index is -0.125. The third-order valence-corrected chi connectivity index (χ3v) is 5.96. The molecule has 2 aromatic carbocycles. The number of pyridine rings is 1. The summed E-state index contributed by atoms with van der Waals surface area (Å²) in [6.45, 7) is 2.78. The Morgan fingerprint density at radius 3 is 2.50 bits per heavy atom. The van der Waals surface area contributed by atoms with Crippen molar-refractivity contribution in [1.29, 1.82) is 0 Å². The number of aryl methyl sites for hydroxylation is 2. The van der Waals surface area contributed by atoms with Crippen molar-refractivity contribution in [1.82, 2.24) is 14.8 Å². The Balaban J connectivity index is 1.29. The maximum absolute atomic E-state index is 13.2. The van der Waals surface area contributed by atoms with Crippen LogP contribution in [0.2, 0.25) is 0 Å². The van der Waals surface area contributed by atoms with Crippen LogP contribution in [0.3, 0.4) is 0 Å². The number of nitrogens with zero attached hydrogens (tertiary/aromatic N) is 3. The number of fused-ring (bicyclic) bond motifs is 1. The van der Waals surface area contributed by atoms with Gasteiger partial charge < -0.3 is 10.6 Å². The van der Waals surface area contributed by atoms with Gasteiger partial charge in [0.1, 0.15) is 0 Å². The molecule has 0 unspecified atom stereocenters. The minimum absolute atomic E-state index is 0.125. The van der Waals surface area contributed by atoms with Crippen LogP contribution in [0.25, 0.3) is 11.0 Å². The average molecular weight is 426 g/mol. The Labute approximate surface area is 187 Å². The van der Waals surface area contributed by atoms with E-state index < -0.39 is 0 Å². The third-order valence-electron chi connectivity index (χ3n) is 5.96. The van der Waals surface area contributed by atoms with Gasteiger partial charge in [-0.15, -0.1) is 0 Å². The van der Waals surface area contributed by atoms with Crippen LogP contribution in [0.15, 0.2) is 60.7 Å². The monoisotopic (exact) mass is 425 g/mol. The number of rotatable bonds is 7. The van der Waals surface area contributed by atoms with E-state index in [2.05, 4.69) is 40.0 Å². The Bertz CT molecular complexity index is 1260. The summed E-state index contributed by atoms with van der Waals surface area (Å²) >= 11 is 0. The van der Waals surface area contributed by atoms with Gasteiger partial charge in [-0.2, -0.15) is 5.10 Å². The van der Waals surface area contributed by atoms with Gasteiger partial charge in [-0.05, 0) is 62.1 Å². The van der Waals surface area contributed by atoms with E-state index in [1.807, 2.05) is 50.4 Å². The first-order valence-electron chi connectivity index (χ1n) is 11.1. The standard InChI is InChI=1S/C26H27N5O/c1-17-24-22(16-23(19-8-9-19)29-25(24)31(2)30-17)26(32)28-21-12-10-20(11-13-21)27-15-14-18-6-4-3-5-7-18/h3-7,10-13,16,19,27H,8-9,14-15H2,1-2H3,(H,28,32). The summed E-state index contributed by atoms with van der Waals surface area (Å²) in [6.07, 6.45) is 3.23. The van der Waals surface area contributed by atoms with Crippen molar-refractivity contribution in [2.75, 3.05) is 17.2 Å². The zero-order chi connectivity index (χ0) is 22.1. The summed E-state index contributed by atoms with van der Waals surface area (Å²) < 4.78 is 1.77. The molecule has 32 heavy (non-hydrogen) atoms. The molecule has 2 N–H and O–H groups in total. The molecule has 6 heteroatoms. The number of anilines is 2. The van der Waals surface area contributed by atoms with Crippen molar-refractivity contribution in [2.45, 2.75) is 32.1 Å². The fraction of sp³-hybridized carbons (Fsp3) is 0.269. The molecule has 0 aliphatic heterocycles. The van der Waals surface area contributed by atoms with Gasteiger partial charge in [0.25, 0.3) is 5.91 Å². The summed E-state index contributed by atoms with van der Waals surface area (Å²) in [5.74, 6) is 0.336. The molecule has 5 rings (SSSR count). The molecular formula is C26H27N5O. The summed E-state index contributed by atoms with van der Waals surface area (Å²) in [7, 11) is 1.88. The van der Waals surface area contributed by atoms with Gasteiger partial charge in [0.2, 0.25) is 0 Å². The van der Waals surface area contributed by atoms with Crippen LogP contribution in [0.5, 0.6) is 0 Å². The molecule has 6 nitrogen and oxygen atoms in total. The van der Waals surface area contributed by atoms with Crippen LogP contribution in [-0.4, -0.2) is 27.2 Å². The molecule has 0 radical (unpaired) electrons. The number of hydrogen-bond acceptors (Lipinski definition) is 4. The van der Waals surface area contributed by atoms with E-state index in [0.717, 1.165) is 59.6 Å². The van der Waals surface area contributed by atoms with Crippen LogP contribution in [-0.2, 0) is 13.5 Å². The smallest absolute Gasteiger partial charge is 0.256 e. The fourth-order valence-corrected chi connectivity index (χ4v) is 4.10. The lowest BCUT2D eigenvalue weighted by molar-refractivity contribution is 0.102. The van der Waals surface area contributed by atoms with E-state index in [1.165, 1.54) is 5.56 Å². The SMILES string of the molecule is Cc1nn(C)c2nc(C3CC3)cc(C(=O)Nc3ccc(NCCc4ccccc4)cc3)c12. The van der Waals surface area contributed by atoms with Crippen molar-refractivity contribution in [3.05, 3.63) is 83.2 Å². The molecule has 1 aliphatic rings. The molecule has 2 aromatic heterocycles. The molecule has 162 valence electrons. The van der Waals surface area contributed by atoms with Crippen LogP contribution in [0.1, 0.15) is 46.1 Å². The van der Waals surface area contributed by atoms with E-state index in [-0.39, 0.29) is 5.91 Å². The van der Waals surface area contributed by atoms with Gasteiger partial charge in [0.05, 0.1) is 16.6 Å². The van der Waals surface area contributed by atoms with Crippen LogP contribution < -0.4 is 10.6 Å². The lowest BCUT2D eigenvalue weighted by Crippen LogP contribution is -2.14. The number of aromatic nitrogens is 3. The maximum Gasteiger partial charge on any atom is 0.256 e. The van der Waals surface area contributed by atoms with Crippen molar-refractivity contribution in [3.63, 3.8) is 0 Å². The van der Waals surface area contributed by atoms with Crippen LogP contribution in [0, 0.1) is 6.92 Å². The van der Waals surface area contributed by atoms with E-state index >= 15 is 0 Å². The number of amides is 1. The first-order chi connectivity index (χ1) is 15.6. The molecule has 0 bridgehead atoms. The predicted molar refractivity (Wildman–Crippen MR) is 128 cm³/mol. The largest absolute Gasteiger partial charge is 0.385 e. The van der Waals surface area contributed by atoms with Gasteiger partial charge in [0.15, 0.2) is 5.65 Å². The molecule has 1 saturated carbocycles.